The van der Waals surface area contributed by atoms with Gasteiger partial charge in [0.15, 0.2) is 5.78 Å². The van der Waals surface area contributed by atoms with Crippen molar-refractivity contribution in [1.82, 2.24) is 0 Å². The lowest BCUT2D eigenvalue weighted by Crippen LogP contribution is -2.35. The second-order valence-corrected chi connectivity index (χ2v) is 7.68. The van der Waals surface area contributed by atoms with E-state index in [0.717, 1.165) is 5.57 Å². The van der Waals surface area contributed by atoms with Gasteiger partial charge in [-0.1, -0.05) is 18.2 Å². The van der Waals surface area contributed by atoms with Gasteiger partial charge in [0.2, 0.25) is 0 Å². The maximum atomic E-state index is 12.4. The average molecular weight is 348 g/mol. The molecule has 0 aliphatic carbocycles. The molecule has 0 aromatic carbocycles. The van der Waals surface area contributed by atoms with Crippen molar-refractivity contribution in [3.05, 3.63) is 23.8 Å². The fourth-order valence-electron chi connectivity index (χ4n) is 3.88. The highest BCUT2D eigenvalue weighted by Gasteiger charge is 2.49. The molecule has 3 rings (SSSR count). The van der Waals surface area contributed by atoms with Gasteiger partial charge in [-0.3, -0.25) is 9.59 Å². The number of carbonyl (C=O) groups is 3. The van der Waals surface area contributed by atoms with Crippen molar-refractivity contribution in [3.8, 4) is 0 Å². The molecule has 6 nitrogen and oxygen atoms in total. The summed E-state index contributed by atoms with van der Waals surface area (Å²) in [4.78, 5) is 36.8. The average Bonchev–Trinajstić information content (AvgIpc) is 2.91. The van der Waals surface area contributed by atoms with Gasteiger partial charge in [0.05, 0.1) is 11.2 Å². The topological polar surface area (TPSA) is 89.9 Å². The van der Waals surface area contributed by atoms with E-state index >= 15 is 0 Å². The molecule has 0 radical (unpaired) electrons. The molecule has 2 fully saturated rings. The number of fused-ring (bicyclic) bond motifs is 4. The zero-order chi connectivity index (χ0) is 18.4. The summed E-state index contributed by atoms with van der Waals surface area (Å²) in [5.74, 6) is -0.871. The Morgan fingerprint density at radius 2 is 2.04 bits per heavy atom. The van der Waals surface area contributed by atoms with Crippen LogP contribution in [-0.4, -0.2) is 46.6 Å². The smallest absolute Gasteiger partial charge is 0.336 e. The zero-order valence-corrected chi connectivity index (χ0v) is 14.6. The van der Waals surface area contributed by atoms with Crippen molar-refractivity contribution in [2.75, 3.05) is 0 Å². The molecule has 0 spiro atoms. The van der Waals surface area contributed by atoms with Gasteiger partial charge in [0, 0.05) is 25.7 Å². The third kappa shape index (κ3) is 3.60. The number of hydrogen-bond donors (Lipinski definition) is 1. The van der Waals surface area contributed by atoms with E-state index in [-0.39, 0.29) is 48.7 Å². The number of hydrogen-bond acceptors (Lipinski definition) is 6. The van der Waals surface area contributed by atoms with Crippen LogP contribution in [0.15, 0.2) is 23.8 Å². The first-order valence-corrected chi connectivity index (χ1v) is 8.65. The summed E-state index contributed by atoms with van der Waals surface area (Å²) in [5, 5.41) is 10.5. The van der Waals surface area contributed by atoms with Crippen LogP contribution in [0.4, 0.5) is 0 Å². The van der Waals surface area contributed by atoms with Crippen LogP contribution in [-0.2, 0) is 23.9 Å². The summed E-state index contributed by atoms with van der Waals surface area (Å²) < 4.78 is 11.2. The number of carbonyl (C=O) groups excluding carboxylic acids is 3. The van der Waals surface area contributed by atoms with Crippen molar-refractivity contribution in [3.63, 3.8) is 0 Å². The fraction of sp³-hybridized carbons (Fsp3) is 0.632. The molecular formula is C19H24O6. The van der Waals surface area contributed by atoms with Gasteiger partial charge in [0.1, 0.15) is 24.1 Å². The van der Waals surface area contributed by atoms with Crippen LogP contribution >= 0.6 is 0 Å². The predicted octanol–water partition coefficient (Wildman–Crippen LogP) is 1.65. The minimum absolute atomic E-state index is 0.0541. The number of Topliss-reactive ketones (excluding diaryl/α,β-unsaturated/α-hetero) is 2. The predicted molar refractivity (Wildman–Crippen MR) is 88.7 cm³/mol. The zero-order valence-electron chi connectivity index (χ0n) is 14.6. The third-order valence-corrected chi connectivity index (χ3v) is 5.34. The number of esters is 1. The van der Waals surface area contributed by atoms with E-state index in [1.54, 1.807) is 13.0 Å². The minimum atomic E-state index is -1.05. The Morgan fingerprint density at radius 1 is 1.32 bits per heavy atom. The molecule has 5 atom stereocenters. The van der Waals surface area contributed by atoms with E-state index in [4.69, 9.17) is 9.47 Å². The van der Waals surface area contributed by atoms with E-state index in [2.05, 4.69) is 6.58 Å². The summed E-state index contributed by atoms with van der Waals surface area (Å²) in [7, 11) is 0. The molecule has 136 valence electrons. The van der Waals surface area contributed by atoms with Crippen LogP contribution in [0.3, 0.4) is 0 Å². The quantitative estimate of drug-likeness (QED) is 0.572. The molecule has 4 bridgehead atoms. The second-order valence-electron chi connectivity index (χ2n) is 7.68. The standard InChI is InChI=1S/C19H24O6/c1-10(2)11-4-5-13-17(22)16(24-18(13)23)9-19(3)8-14(21)15(25-19)7-12(20)6-11/h5,11,15-17,22H,1,4,6-9H2,2-3H3/b13-5-/t11-,15?,16+,17-,19+/m0/s1. The highest BCUT2D eigenvalue weighted by atomic mass is 16.6. The molecule has 3 heterocycles. The minimum Gasteiger partial charge on any atom is -0.456 e. The maximum absolute atomic E-state index is 12.4. The largest absolute Gasteiger partial charge is 0.456 e. The molecule has 2 saturated heterocycles. The summed E-state index contributed by atoms with van der Waals surface area (Å²) in [6.07, 6.45) is 0.187. The Morgan fingerprint density at radius 3 is 2.72 bits per heavy atom. The first kappa shape index (κ1) is 18.0. The normalized spacial score (nSPS) is 41.2. The van der Waals surface area contributed by atoms with Crippen LogP contribution in [0.1, 0.15) is 46.0 Å². The molecule has 0 aromatic rings. The van der Waals surface area contributed by atoms with Gasteiger partial charge in [-0.25, -0.2) is 4.79 Å². The Hall–Kier alpha value is -1.79. The van der Waals surface area contributed by atoms with Crippen LogP contribution in [0, 0.1) is 5.92 Å². The van der Waals surface area contributed by atoms with Crippen LogP contribution < -0.4 is 0 Å². The number of aliphatic hydroxyl groups excluding tert-OH is 1. The van der Waals surface area contributed by atoms with Gasteiger partial charge in [-0.2, -0.15) is 0 Å². The van der Waals surface area contributed by atoms with Crippen molar-refractivity contribution in [2.24, 2.45) is 5.92 Å². The number of ketones is 2. The van der Waals surface area contributed by atoms with E-state index in [0.29, 0.717) is 6.42 Å². The van der Waals surface area contributed by atoms with Crippen LogP contribution in [0.5, 0.6) is 0 Å². The monoisotopic (exact) mass is 348 g/mol. The van der Waals surface area contributed by atoms with Gasteiger partial charge in [-0.15, -0.1) is 0 Å². The lowest BCUT2D eigenvalue weighted by Gasteiger charge is -2.27. The van der Waals surface area contributed by atoms with Crippen molar-refractivity contribution in [1.29, 1.82) is 0 Å². The summed E-state index contributed by atoms with van der Waals surface area (Å²) in [6.45, 7) is 7.50. The van der Waals surface area contributed by atoms with Gasteiger partial charge in [-0.05, 0) is 26.2 Å². The molecule has 1 N–H and O–H groups in total. The van der Waals surface area contributed by atoms with Crippen molar-refractivity contribution < 1.29 is 29.0 Å². The molecule has 0 aromatic heterocycles. The van der Waals surface area contributed by atoms with Gasteiger partial charge >= 0.3 is 5.97 Å². The van der Waals surface area contributed by atoms with E-state index in [1.165, 1.54) is 0 Å². The van der Waals surface area contributed by atoms with E-state index in [9.17, 15) is 19.5 Å². The lowest BCUT2D eigenvalue weighted by molar-refractivity contribution is -0.144. The molecular weight excluding hydrogens is 324 g/mol. The summed E-state index contributed by atoms with van der Waals surface area (Å²) in [5.41, 5.74) is 0.194. The van der Waals surface area contributed by atoms with Crippen LogP contribution in [0.25, 0.3) is 0 Å². The number of aliphatic hydroxyl groups is 1. The Balaban J connectivity index is 1.94. The maximum Gasteiger partial charge on any atom is 0.336 e. The van der Waals surface area contributed by atoms with Crippen LogP contribution in [0.2, 0.25) is 0 Å². The fourth-order valence-corrected chi connectivity index (χ4v) is 3.88. The Bertz CT molecular complexity index is 663. The first-order chi connectivity index (χ1) is 11.7. The van der Waals surface area contributed by atoms with E-state index < -0.39 is 29.9 Å². The lowest BCUT2D eigenvalue weighted by atomic mass is 9.87. The number of allylic oxidation sites excluding steroid dienone is 2. The summed E-state index contributed by atoms with van der Waals surface area (Å²) in [6, 6.07) is 0. The second kappa shape index (κ2) is 6.50. The molecule has 1 unspecified atom stereocenters. The van der Waals surface area contributed by atoms with E-state index in [1.807, 2.05) is 6.92 Å². The summed E-state index contributed by atoms with van der Waals surface area (Å²) >= 11 is 0. The number of ether oxygens (including phenoxy) is 2. The molecule has 6 heteroatoms. The first-order valence-electron chi connectivity index (χ1n) is 8.65. The highest BCUT2D eigenvalue weighted by Crippen LogP contribution is 2.38. The van der Waals surface area contributed by atoms with Gasteiger partial charge < -0.3 is 14.6 Å². The SMILES string of the molecule is C=C(C)[C@H]1C/C=C2\C(=O)O[C@H](C[C@@]3(C)CC(=O)C(CC(=O)C1)O3)[C@H]2O. The Labute approximate surface area is 146 Å². The van der Waals surface area contributed by atoms with Gasteiger partial charge in [0.25, 0.3) is 0 Å². The number of rotatable bonds is 1. The van der Waals surface area contributed by atoms with Crippen molar-refractivity contribution in [2.45, 2.75) is 69.9 Å². The molecule has 3 aliphatic rings. The van der Waals surface area contributed by atoms with Crippen molar-refractivity contribution >= 4 is 17.5 Å². The highest BCUT2D eigenvalue weighted by molar-refractivity contribution is 5.93. The molecule has 25 heavy (non-hydrogen) atoms. The molecule has 0 saturated carbocycles. The Kier molecular flexibility index (Phi) is 4.68. The molecule has 0 amide bonds. The molecule has 3 aliphatic heterocycles. The third-order valence-electron chi connectivity index (χ3n) is 5.34.